The van der Waals surface area contributed by atoms with E-state index in [2.05, 4.69) is 173 Å². The molecule has 0 aliphatic carbocycles. The van der Waals surface area contributed by atoms with Crippen LogP contribution in [0.3, 0.4) is 0 Å². The molecule has 234 valence electrons. The van der Waals surface area contributed by atoms with E-state index in [0.717, 1.165) is 38.9 Å². The van der Waals surface area contributed by atoms with Gasteiger partial charge in [0, 0.05) is 45.2 Å². The van der Waals surface area contributed by atoms with E-state index in [-0.39, 0.29) is 0 Å². The topological polar surface area (TPSA) is 35.6 Å². The molecule has 0 N–H and O–H groups in total. The van der Waals surface area contributed by atoms with E-state index in [0.29, 0.717) is 5.95 Å². The number of para-hydroxylation sites is 2. The average Bonchev–Trinajstić information content (AvgIpc) is 3.72. The minimum atomic E-state index is 0.649. The minimum Gasteiger partial charge on any atom is -0.309 e. The first-order chi connectivity index (χ1) is 24.8. The van der Waals surface area contributed by atoms with Gasteiger partial charge in [0.25, 0.3) is 0 Å². The number of rotatable bonds is 5. The standard InChI is InChI=1S/C46H30N4/c1-3-12-31(13-4-1)33-22-24-34(25-23-33)36-29-47-46(48-30-36)50-41-20-9-7-18-38(41)39-26-27-43-44(45(39)50)40-19-8-10-21-42(40)49(43)37-17-11-16-35(28-37)32-14-5-2-6-15-32/h1-30H. The molecular weight excluding hydrogens is 609 g/mol. The summed E-state index contributed by atoms with van der Waals surface area (Å²) in [7, 11) is 0. The van der Waals surface area contributed by atoms with Crippen molar-refractivity contribution in [3.63, 3.8) is 0 Å². The molecule has 0 saturated heterocycles. The maximum absolute atomic E-state index is 5.02. The lowest BCUT2D eigenvalue weighted by molar-refractivity contribution is 0.992. The highest BCUT2D eigenvalue weighted by molar-refractivity contribution is 6.26. The van der Waals surface area contributed by atoms with Crippen LogP contribution in [0.25, 0.3) is 88.6 Å². The molecule has 0 unspecified atom stereocenters. The summed E-state index contributed by atoms with van der Waals surface area (Å²) in [5, 5.41) is 4.73. The molecule has 3 aromatic heterocycles. The lowest BCUT2D eigenvalue weighted by atomic mass is 10.0. The van der Waals surface area contributed by atoms with E-state index < -0.39 is 0 Å². The highest BCUT2D eigenvalue weighted by Crippen LogP contribution is 2.42. The summed E-state index contributed by atoms with van der Waals surface area (Å²) in [4.78, 5) is 10.0. The molecule has 0 saturated carbocycles. The monoisotopic (exact) mass is 638 g/mol. The fraction of sp³-hybridized carbons (Fsp3) is 0. The second-order valence-electron chi connectivity index (χ2n) is 12.7. The average molecular weight is 639 g/mol. The lowest BCUT2D eigenvalue weighted by Gasteiger charge is -2.11. The molecule has 0 fully saturated rings. The molecule has 7 aromatic carbocycles. The predicted octanol–water partition coefficient (Wildman–Crippen LogP) is 11.7. The molecule has 10 rings (SSSR count). The van der Waals surface area contributed by atoms with E-state index in [4.69, 9.17) is 9.97 Å². The maximum Gasteiger partial charge on any atom is 0.234 e. The molecule has 10 aromatic rings. The fourth-order valence-corrected chi connectivity index (χ4v) is 7.52. The Hall–Kier alpha value is -6.78. The Kier molecular flexibility index (Phi) is 6.46. The van der Waals surface area contributed by atoms with Gasteiger partial charge in [0.05, 0.1) is 22.1 Å². The Morgan fingerprint density at radius 1 is 0.340 bits per heavy atom. The Morgan fingerprint density at radius 3 is 1.58 bits per heavy atom. The zero-order chi connectivity index (χ0) is 33.0. The van der Waals surface area contributed by atoms with E-state index >= 15 is 0 Å². The van der Waals surface area contributed by atoms with E-state index in [1.54, 1.807) is 0 Å². The van der Waals surface area contributed by atoms with Gasteiger partial charge >= 0.3 is 0 Å². The van der Waals surface area contributed by atoms with Crippen molar-refractivity contribution in [2.45, 2.75) is 0 Å². The minimum absolute atomic E-state index is 0.649. The van der Waals surface area contributed by atoms with E-state index in [1.165, 1.54) is 43.8 Å². The summed E-state index contributed by atoms with van der Waals surface area (Å²) < 4.78 is 4.63. The molecule has 0 atom stereocenters. The molecule has 0 radical (unpaired) electrons. The van der Waals surface area contributed by atoms with Crippen LogP contribution in [-0.4, -0.2) is 19.1 Å². The van der Waals surface area contributed by atoms with E-state index in [1.807, 2.05) is 18.5 Å². The van der Waals surface area contributed by atoms with Crippen LogP contribution >= 0.6 is 0 Å². The highest BCUT2D eigenvalue weighted by atomic mass is 15.2. The van der Waals surface area contributed by atoms with Crippen molar-refractivity contribution in [2.75, 3.05) is 0 Å². The summed E-state index contributed by atoms with van der Waals surface area (Å²) in [6.45, 7) is 0. The fourth-order valence-electron chi connectivity index (χ4n) is 7.52. The smallest absolute Gasteiger partial charge is 0.234 e. The molecule has 3 heterocycles. The quantitative estimate of drug-likeness (QED) is 0.188. The second kappa shape index (κ2) is 11.4. The van der Waals surface area contributed by atoms with Gasteiger partial charge in [-0.05, 0) is 58.1 Å². The van der Waals surface area contributed by atoms with Gasteiger partial charge in [-0.2, -0.15) is 0 Å². The van der Waals surface area contributed by atoms with Crippen LogP contribution in [0.4, 0.5) is 0 Å². The van der Waals surface area contributed by atoms with Gasteiger partial charge in [-0.1, -0.05) is 140 Å². The number of fused-ring (bicyclic) bond motifs is 7. The van der Waals surface area contributed by atoms with Crippen LogP contribution in [0.2, 0.25) is 0 Å². The molecule has 0 amide bonds. The zero-order valence-corrected chi connectivity index (χ0v) is 27.1. The first-order valence-electron chi connectivity index (χ1n) is 16.9. The van der Waals surface area contributed by atoms with E-state index in [9.17, 15) is 0 Å². The van der Waals surface area contributed by atoms with Crippen molar-refractivity contribution in [3.8, 4) is 45.0 Å². The van der Waals surface area contributed by atoms with Gasteiger partial charge in [-0.15, -0.1) is 0 Å². The number of benzene rings is 7. The number of hydrogen-bond donors (Lipinski definition) is 0. The van der Waals surface area contributed by atoms with Gasteiger partial charge in [-0.3, -0.25) is 4.57 Å². The van der Waals surface area contributed by atoms with Crippen molar-refractivity contribution in [3.05, 3.63) is 182 Å². The Labute approximate surface area is 289 Å². The van der Waals surface area contributed by atoms with Crippen LogP contribution in [0.1, 0.15) is 0 Å². The molecule has 4 nitrogen and oxygen atoms in total. The van der Waals surface area contributed by atoms with Crippen molar-refractivity contribution in [1.82, 2.24) is 19.1 Å². The molecule has 0 spiro atoms. The largest absolute Gasteiger partial charge is 0.309 e. The normalized spacial score (nSPS) is 11.6. The number of aromatic nitrogens is 4. The van der Waals surface area contributed by atoms with Crippen molar-refractivity contribution < 1.29 is 0 Å². The highest BCUT2D eigenvalue weighted by Gasteiger charge is 2.21. The van der Waals surface area contributed by atoms with Crippen LogP contribution < -0.4 is 0 Å². The van der Waals surface area contributed by atoms with Gasteiger partial charge in [0.1, 0.15) is 0 Å². The Bertz CT molecular complexity index is 2830. The zero-order valence-electron chi connectivity index (χ0n) is 27.1. The second-order valence-corrected chi connectivity index (χ2v) is 12.7. The Balaban J connectivity index is 1.17. The third-order valence-corrected chi connectivity index (χ3v) is 9.84. The predicted molar refractivity (Wildman–Crippen MR) is 207 cm³/mol. The molecule has 50 heavy (non-hydrogen) atoms. The van der Waals surface area contributed by atoms with Crippen LogP contribution in [0, 0.1) is 0 Å². The summed E-state index contributed by atoms with van der Waals surface area (Å²) in [6, 6.07) is 60.3. The van der Waals surface area contributed by atoms with Gasteiger partial charge in [0.15, 0.2) is 0 Å². The van der Waals surface area contributed by atoms with Crippen LogP contribution in [-0.2, 0) is 0 Å². The van der Waals surface area contributed by atoms with Crippen molar-refractivity contribution in [1.29, 1.82) is 0 Å². The van der Waals surface area contributed by atoms with Gasteiger partial charge < -0.3 is 4.57 Å². The number of hydrogen-bond acceptors (Lipinski definition) is 2. The molecule has 0 aliphatic rings. The summed E-state index contributed by atoms with van der Waals surface area (Å²) in [6.07, 6.45) is 3.89. The molecular formula is C46H30N4. The van der Waals surface area contributed by atoms with Crippen molar-refractivity contribution in [2.24, 2.45) is 0 Å². The van der Waals surface area contributed by atoms with Gasteiger partial charge in [-0.25, -0.2) is 9.97 Å². The Morgan fingerprint density at radius 2 is 0.880 bits per heavy atom. The first kappa shape index (κ1) is 28.3. The SMILES string of the molecule is c1ccc(-c2ccc(-c3cnc(-n4c5ccccc5c5ccc6c(c7ccccc7n6-c6cccc(-c7ccccc7)c6)c54)nc3)cc2)cc1. The molecule has 0 aliphatic heterocycles. The maximum atomic E-state index is 5.02. The first-order valence-corrected chi connectivity index (χ1v) is 16.9. The van der Waals surface area contributed by atoms with Crippen LogP contribution in [0.15, 0.2) is 182 Å². The molecule has 0 bridgehead atoms. The summed E-state index contributed by atoms with van der Waals surface area (Å²) >= 11 is 0. The summed E-state index contributed by atoms with van der Waals surface area (Å²) in [5.74, 6) is 0.649. The summed E-state index contributed by atoms with van der Waals surface area (Å²) in [5.41, 5.74) is 12.5. The third kappa shape index (κ3) is 4.46. The lowest BCUT2D eigenvalue weighted by Crippen LogP contribution is -2.01. The van der Waals surface area contributed by atoms with Gasteiger partial charge in [0.2, 0.25) is 5.95 Å². The number of nitrogens with zero attached hydrogens (tertiary/aromatic N) is 4. The molecule has 4 heteroatoms. The van der Waals surface area contributed by atoms with Crippen LogP contribution in [0.5, 0.6) is 0 Å². The third-order valence-electron chi connectivity index (χ3n) is 9.84. The van der Waals surface area contributed by atoms with Crippen molar-refractivity contribution >= 4 is 43.6 Å².